The number of fused-ring (bicyclic) bond motifs is 1. The number of ether oxygens (including phenoxy) is 2. The van der Waals surface area contributed by atoms with Crippen molar-refractivity contribution in [3.05, 3.63) is 35.4 Å². The number of hydrogen-bond acceptors (Lipinski definition) is 6. The Bertz CT molecular complexity index is 656. The second kappa shape index (κ2) is 9.64. The van der Waals surface area contributed by atoms with Gasteiger partial charge in [0.15, 0.2) is 0 Å². The largest absolute Gasteiger partial charge is 0.382 e. The first-order valence-corrected chi connectivity index (χ1v) is 8.10. The molecule has 0 atom stereocenters. The van der Waals surface area contributed by atoms with E-state index in [1.54, 1.807) is 24.3 Å². The van der Waals surface area contributed by atoms with Crippen LogP contribution >= 0.6 is 0 Å². The van der Waals surface area contributed by atoms with E-state index in [9.17, 15) is 19.2 Å². The lowest BCUT2D eigenvalue weighted by Gasteiger charge is -2.13. The van der Waals surface area contributed by atoms with Gasteiger partial charge in [0.25, 0.3) is 11.8 Å². The molecule has 9 heteroatoms. The Morgan fingerprint density at radius 1 is 0.962 bits per heavy atom. The van der Waals surface area contributed by atoms with Crippen molar-refractivity contribution in [3.8, 4) is 0 Å². The van der Waals surface area contributed by atoms with Gasteiger partial charge in [-0.05, 0) is 12.1 Å². The highest BCUT2D eigenvalue weighted by atomic mass is 16.5. The predicted octanol–water partition coefficient (Wildman–Crippen LogP) is -0.822. The van der Waals surface area contributed by atoms with Crippen molar-refractivity contribution >= 4 is 23.6 Å². The fourth-order valence-corrected chi connectivity index (χ4v) is 2.34. The van der Waals surface area contributed by atoms with Gasteiger partial charge >= 0.3 is 0 Å². The summed E-state index contributed by atoms with van der Waals surface area (Å²) in [4.78, 5) is 48.6. The van der Waals surface area contributed by atoms with Crippen molar-refractivity contribution in [2.75, 3.05) is 46.6 Å². The average molecular weight is 363 g/mol. The second-order valence-electron chi connectivity index (χ2n) is 5.49. The SMILES string of the molecule is COCCOCC(=O)NCCNC(=O)CN1C(=O)c2ccccc2C1=O. The summed E-state index contributed by atoms with van der Waals surface area (Å²) < 4.78 is 9.83. The molecule has 0 radical (unpaired) electrons. The van der Waals surface area contributed by atoms with Crippen molar-refractivity contribution in [1.29, 1.82) is 0 Å². The van der Waals surface area contributed by atoms with Crippen LogP contribution in [0.1, 0.15) is 20.7 Å². The van der Waals surface area contributed by atoms with Crippen LogP contribution in [-0.4, -0.2) is 75.1 Å². The van der Waals surface area contributed by atoms with E-state index < -0.39 is 17.7 Å². The highest BCUT2D eigenvalue weighted by Gasteiger charge is 2.36. The van der Waals surface area contributed by atoms with E-state index in [4.69, 9.17) is 9.47 Å². The molecule has 1 aliphatic heterocycles. The van der Waals surface area contributed by atoms with Crippen LogP contribution in [-0.2, 0) is 19.1 Å². The first kappa shape index (κ1) is 19.5. The maximum atomic E-state index is 12.2. The number of hydrogen-bond donors (Lipinski definition) is 2. The van der Waals surface area contributed by atoms with Gasteiger partial charge in [0, 0.05) is 20.2 Å². The Kier molecular flexibility index (Phi) is 7.24. The summed E-state index contributed by atoms with van der Waals surface area (Å²) in [6, 6.07) is 6.43. The maximum Gasteiger partial charge on any atom is 0.262 e. The van der Waals surface area contributed by atoms with Crippen LogP contribution in [0.4, 0.5) is 0 Å². The number of imide groups is 1. The quantitative estimate of drug-likeness (QED) is 0.415. The van der Waals surface area contributed by atoms with E-state index in [-0.39, 0.29) is 32.1 Å². The van der Waals surface area contributed by atoms with E-state index >= 15 is 0 Å². The lowest BCUT2D eigenvalue weighted by Crippen LogP contribution is -2.43. The molecule has 140 valence electrons. The number of nitrogens with zero attached hydrogens (tertiary/aromatic N) is 1. The molecule has 26 heavy (non-hydrogen) atoms. The van der Waals surface area contributed by atoms with Crippen LogP contribution in [0.5, 0.6) is 0 Å². The Labute approximate surface area is 150 Å². The summed E-state index contributed by atoms with van der Waals surface area (Å²) in [5.41, 5.74) is 0.595. The normalized spacial score (nSPS) is 12.9. The number of methoxy groups -OCH3 is 1. The molecular formula is C17H21N3O6. The third kappa shape index (κ3) is 5.11. The molecular weight excluding hydrogens is 342 g/mol. The highest BCUT2D eigenvalue weighted by Crippen LogP contribution is 2.21. The van der Waals surface area contributed by atoms with Gasteiger partial charge in [0.1, 0.15) is 13.2 Å². The van der Waals surface area contributed by atoms with Crippen LogP contribution in [0.3, 0.4) is 0 Å². The van der Waals surface area contributed by atoms with Crippen LogP contribution in [0, 0.1) is 0 Å². The summed E-state index contributed by atoms with van der Waals surface area (Å²) in [5, 5.41) is 5.12. The molecule has 4 amide bonds. The maximum absolute atomic E-state index is 12.2. The Balaban J connectivity index is 1.66. The van der Waals surface area contributed by atoms with Gasteiger partial charge in [-0.1, -0.05) is 12.1 Å². The first-order chi connectivity index (χ1) is 12.5. The summed E-state index contributed by atoms with van der Waals surface area (Å²) in [6.07, 6.45) is 0. The van der Waals surface area contributed by atoms with E-state index in [1.807, 2.05) is 0 Å². The molecule has 2 N–H and O–H groups in total. The topological polar surface area (TPSA) is 114 Å². The Morgan fingerprint density at radius 2 is 1.54 bits per heavy atom. The molecule has 1 aliphatic rings. The molecule has 0 aromatic heterocycles. The molecule has 0 unspecified atom stereocenters. The van der Waals surface area contributed by atoms with E-state index in [2.05, 4.69) is 10.6 Å². The third-order valence-electron chi connectivity index (χ3n) is 3.61. The van der Waals surface area contributed by atoms with Crippen molar-refractivity contribution in [3.63, 3.8) is 0 Å². The molecule has 2 rings (SSSR count). The van der Waals surface area contributed by atoms with E-state index in [0.29, 0.717) is 24.3 Å². The molecule has 0 bridgehead atoms. The van der Waals surface area contributed by atoms with Crippen molar-refractivity contribution in [2.24, 2.45) is 0 Å². The molecule has 0 aliphatic carbocycles. The molecule has 0 spiro atoms. The van der Waals surface area contributed by atoms with Crippen LogP contribution in [0.15, 0.2) is 24.3 Å². The van der Waals surface area contributed by atoms with Gasteiger partial charge in [-0.2, -0.15) is 0 Å². The lowest BCUT2D eigenvalue weighted by molar-refractivity contribution is -0.126. The summed E-state index contributed by atoms with van der Waals surface area (Å²) >= 11 is 0. The van der Waals surface area contributed by atoms with E-state index in [1.165, 1.54) is 7.11 Å². The fourth-order valence-electron chi connectivity index (χ4n) is 2.34. The minimum absolute atomic E-state index is 0.0909. The zero-order chi connectivity index (χ0) is 18.9. The zero-order valence-electron chi connectivity index (χ0n) is 14.4. The summed E-state index contributed by atoms with van der Waals surface area (Å²) in [5.74, 6) is -1.76. The van der Waals surface area contributed by atoms with Crippen molar-refractivity contribution in [1.82, 2.24) is 15.5 Å². The van der Waals surface area contributed by atoms with Gasteiger partial charge in [-0.3, -0.25) is 24.1 Å². The van der Waals surface area contributed by atoms with Gasteiger partial charge in [0.2, 0.25) is 11.8 Å². The molecule has 0 saturated heterocycles. The van der Waals surface area contributed by atoms with Gasteiger partial charge < -0.3 is 20.1 Å². The van der Waals surface area contributed by atoms with Gasteiger partial charge in [-0.15, -0.1) is 0 Å². The number of amides is 4. The number of rotatable bonds is 10. The Hall–Kier alpha value is -2.78. The minimum Gasteiger partial charge on any atom is -0.382 e. The molecule has 1 heterocycles. The smallest absolute Gasteiger partial charge is 0.262 e. The highest BCUT2D eigenvalue weighted by molar-refractivity contribution is 6.22. The summed E-state index contributed by atoms with van der Waals surface area (Å²) in [6.45, 7) is 0.654. The number of carbonyl (C=O) groups is 4. The Morgan fingerprint density at radius 3 is 2.12 bits per heavy atom. The molecule has 0 saturated carbocycles. The fraction of sp³-hybridized carbons (Fsp3) is 0.412. The predicted molar refractivity (Wildman–Crippen MR) is 90.5 cm³/mol. The van der Waals surface area contributed by atoms with Gasteiger partial charge in [0.05, 0.1) is 24.3 Å². The number of nitrogens with one attached hydrogen (secondary N) is 2. The van der Waals surface area contributed by atoms with Crippen LogP contribution in [0.25, 0.3) is 0 Å². The zero-order valence-corrected chi connectivity index (χ0v) is 14.4. The van der Waals surface area contributed by atoms with Crippen LogP contribution < -0.4 is 10.6 Å². The molecule has 0 fully saturated rings. The molecule has 9 nitrogen and oxygen atoms in total. The number of benzene rings is 1. The standard InChI is InChI=1S/C17H21N3O6/c1-25-8-9-26-11-15(22)19-7-6-18-14(21)10-20-16(23)12-4-2-3-5-13(12)17(20)24/h2-5H,6-11H2,1H3,(H,18,21)(H,19,22). The van der Waals surface area contributed by atoms with E-state index in [0.717, 1.165) is 4.90 Å². The van der Waals surface area contributed by atoms with Crippen molar-refractivity contribution < 1.29 is 28.7 Å². The van der Waals surface area contributed by atoms with Gasteiger partial charge in [-0.25, -0.2) is 0 Å². The molecule has 1 aromatic carbocycles. The van der Waals surface area contributed by atoms with Crippen LogP contribution in [0.2, 0.25) is 0 Å². The molecule has 1 aromatic rings. The monoisotopic (exact) mass is 363 g/mol. The first-order valence-electron chi connectivity index (χ1n) is 8.10. The average Bonchev–Trinajstić information content (AvgIpc) is 2.88. The number of carbonyl (C=O) groups excluding carboxylic acids is 4. The third-order valence-corrected chi connectivity index (χ3v) is 3.61. The second-order valence-corrected chi connectivity index (χ2v) is 5.49. The minimum atomic E-state index is -0.484. The lowest BCUT2D eigenvalue weighted by atomic mass is 10.1. The summed E-state index contributed by atoms with van der Waals surface area (Å²) in [7, 11) is 1.54. The van der Waals surface area contributed by atoms with Crippen molar-refractivity contribution in [2.45, 2.75) is 0 Å².